The first-order valence-electron chi connectivity index (χ1n) is 6.25. The summed E-state index contributed by atoms with van der Waals surface area (Å²) in [5, 5.41) is 0. The van der Waals surface area contributed by atoms with Gasteiger partial charge in [-0.05, 0) is 41.4 Å². The van der Waals surface area contributed by atoms with Crippen LogP contribution in [-0.4, -0.2) is 0 Å². The Bertz CT molecular complexity index is 187. The SMILES string of the molecule is CC1CC(C(C)(C)C)C(C)C(C)C1C. The van der Waals surface area contributed by atoms with Gasteiger partial charge in [-0.15, -0.1) is 0 Å². The molecule has 0 bridgehead atoms. The second-order valence-corrected chi connectivity index (χ2v) is 6.76. The Morgan fingerprint density at radius 3 is 1.71 bits per heavy atom. The summed E-state index contributed by atoms with van der Waals surface area (Å²) in [6, 6.07) is 0. The molecule has 1 rings (SSSR count). The average molecular weight is 196 g/mol. The molecule has 0 aliphatic heterocycles. The van der Waals surface area contributed by atoms with Gasteiger partial charge in [0.15, 0.2) is 0 Å². The van der Waals surface area contributed by atoms with Crippen molar-refractivity contribution >= 4 is 0 Å². The largest absolute Gasteiger partial charge is 0.0622 e. The van der Waals surface area contributed by atoms with E-state index in [1.807, 2.05) is 0 Å². The Kier molecular flexibility index (Phi) is 3.33. The zero-order valence-electron chi connectivity index (χ0n) is 11.1. The molecule has 5 unspecified atom stereocenters. The summed E-state index contributed by atoms with van der Waals surface area (Å²) in [6.45, 7) is 17.0. The average Bonchev–Trinajstić information content (AvgIpc) is 2.06. The van der Waals surface area contributed by atoms with Crippen LogP contribution in [0, 0.1) is 35.0 Å². The predicted octanol–water partition coefficient (Wildman–Crippen LogP) is 4.60. The highest BCUT2D eigenvalue weighted by molar-refractivity contribution is 4.89. The summed E-state index contributed by atoms with van der Waals surface area (Å²) >= 11 is 0. The summed E-state index contributed by atoms with van der Waals surface area (Å²) in [7, 11) is 0. The molecule has 0 amide bonds. The van der Waals surface area contributed by atoms with Gasteiger partial charge in [-0.2, -0.15) is 0 Å². The minimum absolute atomic E-state index is 0.488. The third-order valence-electron chi connectivity index (χ3n) is 4.93. The highest BCUT2D eigenvalue weighted by Gasteiger charge is 2.40. The van der Waals surface area contributed by atoms with Crippen LogP contribution in [0.15, 0.2) is 0 Å². The maximum absolute atomic E-state index is 2.46. The van der Waals surface area contributed by atoms with Crippen molar-refractivity contribution in [2.45, 2.75) is 54.9 Å². The lowest BCUT2D eigenvalue weighted by molar-refractivity contribution is 0.0138. The molecule has 0 heterocycles. The van der Waals surface area contributed by atoms with E-state index < -0.39 is 0 Å². The van der Waals surface area contributed by atoms with E-state index in [0.29, 0.717) is 5.41 Å². The van der Waals surface area contributed by atoms with Gasteiger partial charge in [-0.3, -0.25) is 0 Å². The molecule has 0 heteroatoms. The van der Waals surface area contributed by atoms with Crippen molar-refractivity contribution in [3.8, 4) is 0 Å². The molecule has 1 fully saturated rings. The first kappa shape index (κ1) is 12.1. The van der Waals surface area contributed by atoms with Crippen molar-refractivity contribution < 1.29 is 0 Å². The molecule has 84 valence electrons. The van der Waals surface area contributed by atoms with Gasteiger partial charge in [0.05, 0.1) is 0 Å². The third kappa shape index (κ3) is 2.15. The van der Waals surface area contributed by atoms with E-state index in [1.54, 1.807) is 0 Å². The fourth-order valence-corrected chi connectivity index (χ4v) is 3.34. The quantitative estimate of drug-likeness (QED) is 0.531. The third-order valence-corrected chi connectivity index (χ3v) is 4.93. The van der Waals surface area contributed by atoms with E-state index in [1.165, 1.54) is 6.42 Å². The van der Waals surface area contributed by atoms with Crippen LogP contribution in [0.4, 0.5) is 0 Å². The Labute approximate surface area is 90.5 Å². The molecule has 5 atom stereocenters. The Balaban J connectivity index is 2.81. The van der Waals surface area contributed by atoms with Crippen LogP contribution in [0.1, 0.15) is 54.9 Å². The molecule has 0 aromatic heterocycles. The maximum Gasteiger partial charge on any atom is -0.0334 e. The molecule has 1 aliphatic rings. The van der Waals surface area contributed by atoms with Gasteiger partial charge in [0.1, 0.15) is 0 Å². The van der Waals surface area contributed by atoms with E-state index >= 15 is 0 Å². The van der Waals surface area contributed by atoms with Crippen LogP contribution in [0.25, 0.3) is 0 Å². The lowest BCUT2D eigenvalue weighted by Crippen LogP contribution is -2.40. The van der Waals surface area contributed by atoms with Crippen LogP contribution in [0.5, 0.6) is 0 Å². The zero-order chi connectivity index (χ0) is 11.1. The lowest BCUT2D eigenvalue weighted by atomic mass is 9.58. The summed E-state index contributed by atoms with van der Waals surface area (Å²) in [4.78, 5) is 0. The number of hydrogen-bond donors (Lipinski definition) is 0. The van der Waals surface area contributed by atoms with Gasteiger partial charge in [-0.1, -0.05) is 48.5 Å². The number of rotatable bonds is 0. The lowest BCUT2D eigenvalue weighted by Gasteiger charge is -2.48. The molecule has 0 saturated heterocycles. The second kappa shape index (κ2) is 3.87. The predicted molar refractivity (Wildman–Crippen MR) is 64.2 cm³/mol. The fourth-order valence-electron chi connectivity index (χ4n) is 3.34. The van der Waals surface area contributed by atoms with E-state index in [0.717, 1.165) is 29.6 Å². The molecule has 0 N–H and O–H groups in total. The van der Waals surface area contributed by atoms with Gasteiger partial charge in [0, 0.05) is 0 Å². The molecule has 0 nitrogen and oxygen atoms in total. The highest BCUT2D eigenvalue weighted by Crippen LogP contribution is 2.48. The zero-order valence-corrected chi connectivity index (χ0v) is 11.1. The molecule has 0 radical (unpaired) electrons. The molecule has 14 heavy (non-hydrogen) atoms. The topological polar surface area (TPSA) is 0 Å². The van der Waals surface area contributed by atoms with E-state index in [2.05, 4.69) is 48.5 Å². The minimum atomic E-state index is 0.488. The molecule has 0 aromatic carbocycles. The fraction of sp³-hybridized carbons (Fsp3) is 1.00. The van der Waals surface area contributed by atoms with Crippen LogP contribution in [0.3, 0.4) is 0 Å². The van der Waals surface area contributed by atoms with Crippen molar-refractivity contribution in [2.24, 2.45) is 35.0 Å². The van der Waals surface area contributed by atoms with E-state index in [4.69, 9.17) is 0 Å². The van der Waals surface area contributed by atoms with Crippen LogP contribution < -0.4 is 0 Å². The van der Waals surface area contributed by atoms with Crippen LogP contribution >= 0.6 is 0 Å². The molecule has 1 saturated carbocycles. The summed E-state index contributed by atoms with van der Waals surface area (Å²) in [5.41, 5.74) is 0.488. The highest BCUT2D eigenvalue weighted by atomic mass is 14.5. The van der Waals surface area contributed by atoms with Gasteiger partial charge >= 0.3 is 0 Å². The summed E-state index contributed by atoms with van der Waals surface area (Å²) < 4.78 is 0. The van der Waals surface area contributed by atoms with Crippen molar-refractivity contribution in [1.82, 2.24) is 0 Å². The maximum atomic E-state index is 2.46. The van der Waals surface area contributed by atoms with Crippen molar-refractivity contribution in [2.75, 3.05) is 0 Å². The van der Waals surface area contributed by atoms with Gasteiger partial charge < -0.3 is 0 Å². The minimum Gasteiger partial charge on any atom is -0.0622 e. The molecule has 0 spiro atoms. The van der Waals surface area contributed by atoms with Gasteiger partial charge in [0.25, 0.3) is 0 Å². The first-order chi connectivity index (χ1) is 6.25. The Hall–Kier alpha value is 0. The molecule has 0 aromatic rings. The number of hydrogen-bond acceptors (Lipinski definition) is 0. The smallest absolute Gasteiger partial charge is 0.0334 e. The molecule has 1 aliphatic carbocycles. The Morgan fingerprint density at radius 1 is 0.786 bits per heavy atom. The van der Waals surface area contributed by atoms with Crippen molar-refractivity contribution in [3.05, 3.63) is 0 Å². The van der Waals surface area contributed by atoms with Gasteiger partial charge in [-0.25, -0.2) is 0 Å². The van der Waals surface area contributed by atoms with Crippen molar-refractivity contribution in [1.29, 1.82) is 0 Å². The molecular formula is C14H28. The first-order valence-corrected chi connectivity index (χ1v) is 6.25. The van der Waals surface area contributed by atoms with Crippen LogP contribution in [0.2, 0.25) is 0 Å². The van der Waals surface area contributed by atoms with E-state index in [-0.39, 0.29) is 0 Å². The van der Waals surface area contributed by atoms with E-state index in [9.17, 15) is 0 Å². The monoisotopic (exact) mass is 196 g/mol. The Morgan fingerprint density at radius 2 is 1.29 bits per heavy atom. The molecular weight excluding hydrogens is 168 g/mol. The summed E-state index contributed by atoms with van der Waals surface area (Å²) in [6.07, 6.45) is 1.43. The van der Waals surface area contributed by atoms with Crippen molar-refractivity contribution in [3.63, 3.8) is 0 Å². The van der Waals surface area contributed by atoms with Crippen LogP contribution in [-0.2, 0) is 0 Å². The second-order valence-electron chi connectivity index (χ2n) is 6.76. The van der Waals surface area contributed by atoms with Gasteiger partial charge in [0.2, 0.25) is 0 Å². The summed E-state index contributed by atoms with van der Waals surface area (Å²) in [5.74, 6) is 4.50. The normalized spacial score (nSPS) is 45.2. The standard InChI is InChI=1S/C14H28/c1-9-8-13(14(5,6)7)12(4)11(3)10(9)2/h9-13H,8H2,1-7H3.